The minimum absolute atomic E-state index is 0.0816. The highest BCUT2D eigenvalue weighted by Gasteiger charge is 2.42. The van der Waals surface area contributed by atoms with E-state index in [0.717, 1.165) is 0 Å². The van der Waals surface area contributed by atoms with Crippen molar-refractivity contribution < 1.29 is 37.3 Å². The fourth-order valence-electron chi connectivity index (χ4n) is 2.86. The summed E-state index contributed by atoms with van der Waals surface area (Å²) in [7, 11) is 0. The van der Waals surface area contributed by atoms with E-state index in [1.165, 1.54) is 17.8 Å². The average Bonchev–Trinajstić information content (AvgIpc) is 3.19. The molecule has 0 saturated heterocycles. The Morgan fingerprint density at radius 2 is 2.12 bits per heavy atom. The molecule has 2 heterocycles. The van der Waals surface area contributed by atoms with Crippen molar-refractivity contribution in [3.63, 3.8) is 0 Å². The number of carbonyl (C=O) groups is 1. The Balaban J connectivity index is 2.18. The van der Waals surface area contributed by atoms with Gasteiger partial charge >= 0.3 is 12.3 Å². The molecule has 0 saturated carbocycles. The summed E-state index contributed by atoms with van der Waals surface area (Å²) in [6, 6.07) is 1.60. The molecule has 0 aliphatic carbocycles. The van der Waals surface area contributed by atoms with Crippen molar-refractivity contribution in [2.24, 2.45) is 4.99 Å². The van der Waals surface area contributed by atoms with Gasteiger partial charge in [0.15, 0.2) is 6.61 Å². The zero-order valence-corrected chi connectivity index (χ0v) is 18.5. The van der Waals surface area contributed by atoms with Crippen LogP contribution in [0.15, 0.2) is 46.6 Å². The van der Waals surface area contributed by atoms with Gasteiger partial charge in [-0.1, -0.05) is 11.6 Å². The van der Waals surface area contributed by atoms with Crippen LogP contribution in [0.2, 0.25) is 0 Å². The highest BCUT2D eigenvalue weighted by molar-refractivity contribution is 6.04. The Labute approximate surface area is 192 Å². The molecule has 0 spiro atoms. The van der Waals surface area contributed by atoms with E-state index in [1.54, 1.807) is 25.3 Å². The third-order valence-electron chi connectivity index (χ3n) is 4.48. The minimum atomic E-state index is -4.32. The normalized spacial score (nSPS) is 14.2. The molecular formula is C21H25F4N5O4. The monoisotopic (exact) mass is 487 g/mol. The fourth-order valence-corrected chi connectivity index (χ4v) is 2.86. The highest BCUT2D eigenvalue weighted by Crippen LogP contribution is 2.25. The number of alkyl halides is 4. The molecule has 34 heavy (non-hydrogen) atoms. The van der Waals surface area contributed by atoms with Gasteiger partial charge in [-0.15, -0.1) is 0 Å². The predicted octanol–water partition coefficient (Wildman–Crippen LogP) is 2.31. The predicted molar refractivity (Wildman–Crippen MR) is 116 cm³/mol. The van der Waals surface area contributed by atoms with E-state index in [0.29, 0.717) is 22.0 Å². The molecule has 186 valence electrons. The molecule has 0 bridgehead atoms. The quantitative estimate of drug-likeness (QED) is 0.183. The molecule has 0 unspecified atom stereocenters. The van der Waals surface area contributed by atoms with Crippen LogP contribution in [0.4, 0.5) is 17.6 Å². The second-order valence-electron chi connectivity index (χ2n) is 7.45. The summed E-state index contributed by atoms with van der Waals surface area (Å²) in [4.78, 5) is 19.9. The maximum Gasteiger partial charge on any atom is 0.340 e. The number of fused-ring (bicyclic) bond motifs is 1. The molecule has 13 heteroatoms. The molecule has 1 amide bonds. The van der Waals surface area contributed by atoms with Crippen molar-refractivity contribution in [1.29, 1.82) is 0 Å². The van der Waals surface area contributed by atoms with Gasteiger partial charge in [0.25, 0.3) is 5.91 Å². The highest BCUT2D eigenvalue weighted by atomic mass is 19.3. The molecule has 0 radical (unpaired) electrons. The lowest BCUT2D eigenvalue weighted by molar-refractivity contribution is -0.158. The maximum absolute atomic E-state index is 13.1. The van der Waals surface area contributed by atoms with Gasteiger partial charge in [0.1, 0.15) is 5.69 Å². The van der Waals surface area contributed by atoms with E-state index in [1.807, 2.05) is 0 Å². The zero-order valence-electron chi connectivity index (χ0n) is 18.5. The van der Waals surface area contributed by atoms with Crippen molar-refractivity contribution in [1.82, 2.24) is 20.1 Å². The molecule has 9 nitrogen and oxygen atoms in total. The van der Waals surface area contributed by atoms with E-state index in [-0.39, 0.29) is 24.7 Å². The molecule has 0 aromatic carbocycles. The maximum atomic E-state index is 13.1. The lowest BCUT2D eigenvalue weighted by Gasteiger charge is -2.16. The third kappa shape index (κ3) is 7.09. The fraction of sp³-hybridized carbons (Fsp3) is 0.429. The number of rotatable bonds is 12. The minimum Gasteiger partial charge on any atom is -0.471 e. The number of aliphatic hydroxyl groups excluding tert-OH is 2. The number of halogens is 4. The number of nitrogens with zero attached hydrogens (tertiary/aromatic N) is 4. The average molecular weight is 487 g/mol. The van der Waals surface area contributed by atoms with Crippen LogP contribution < -0.4 is 5.32 Å². The Bertz CT molecular complexity index is 1080. The molecule has 3 N–H and O–H groups in total. The number of ether oxygens (including phenoxy) is 1. The van der Waals surface area contributed by atoms with E-state index in [4.69, 9.17) is 9.84 Å². The summed E-state index contributed by atoms with van der Waals surface area (Å²) in [6.07, 6.45) is -0.426. The van der Waals surface area contributed by atoms with E-state index in [2.05, 4.69) is 27.1 Å². The lowest BCUT2D eigenvalue weighted by atomic mass is 10.2. The Kier molecular flexibility index (Phi) is 9.27. The van der Waals surface area contributed by atoms with Gasteiger partial charge < -0.3 is 20.3 Å². The first kappa shape index (κ1) is 26.9. The third-order valence-corrected chi connectivity index (χ3v) is 4.48. The van der Waals surface area contributed by atoms with Gasteiger partial charge in [-0.3, -0.25) is 14.5 Å². The van der Waals surface area contributed by atoms with Crippen LogP contribution in [-0.2, 0) is 11.3 Å². The topological polar surface area (TPSA) is 122 Å². The van der Waals surface area contributed by atoms with Crippen molar-refractivity contribution in [3.05, 3.63) is 47.3 Å². The van der Waals surface area contributed by atoms with Crippen LogP contribution in [0.1, 0.15) is 24.3 Å². The molecular weight excluding hydrogens is 462 g/mol. The second kappa shape index (κ2) is 11.7. The summed E-state index contributed by atoms with van der Waals surface area (Å²) in [5.41, 5.74) is 1.53. The van der Waals surface area contributed by atoms with Gasteiger partial charge in [-0.25, -0.2) is 13.8 Å². The molecule has 0 aliphatic rings. The number of allylic oxidation sites excluding steroid dienone is 3. The van der Waals surface area contributed by atoms with Crippen molar-refractivity contribution in [3.8, 4) is 0 Å². The SMILES string of the molecule is C=N/C(OCC(F)(F)C(F)F)=C(C)\C=C(/C)Cn1cc2c(C(=O)NC[C@@H](O)CO)nccc2n1. The number of hydrogen-bond donors (Lipinski definition) is 3. The molecule has 1 atom stereocenters. The number of nitrogens with one attached hydrogen (secondary N) is 1. The van der Waals surface area contributed by atoms with Gasteiger partial charge in [0, 0.05) is 24.5 Å². The van der Waals surface area contributed by atoms with Gasteiger partial charge in [-0.05, 0) is 26.6 Å². The van der Waals surface area contributed by atoms with Gasteiger partial charge in [-0.2, -0.15) is 13.9 Å². The Morgan fingerprint density at radius 1 is 1.41 bits per heavy atom. The van der Waals surface area contributed by atoms with E-state index < -0.39 is 37.6 Å². The van der Waals surface area contributed by atoms with Gasteiger partial charge in [0.05, 0.1) is 30.2 Å². The first-order chi connectivity index (χ1) is 16.0. The van der Waals surface area contributed by atoms with Crippen LogP contribution in [0, 0.1) is 0 Å². The summed E-state index contributed by atoms with van der Waals surface area (Å²) in [5.74, 6) is -5.18. The van der Waals surface area contributed by atoms with Crippen LogP contribution >= 0.6 is 0 Å². The number of pyridine rings is 1. The van der Waals surface area contributed by atoms with Gasteiger partial charge in [0.2, 0.25) is 5.88 Å². The zero-order chi connectivity index (χ0) is 25.5. The summed E-state index contributed by atoms with van der Waals surface area (Å²) >= 11 is 0. The molecule has 0 aliphatic heterocycles. The summed E-state index contributed by atoms with van der Waals surface area (Å²) < 4.78 is 57.1. The van der Waals surface area contributed by atoms with Crippen molar-refractivity contribution in [2.75, 3.05) is 19.8 Å². The standard InChI is InChI=1S/C21H25F4N5O4/c1-12(6-13(2)19(26-3)34-11-21(24,25)20(22)23)8-30-9-15-16(29-30)4-5-27-17(15)18(33)28-7-14(32)10-31/h4-6,9,14,20,31-32H,3,7-8,10-11H2,1-2H3,(H,28,33)/b12-6+,19-13+/t14-/m1/s1. The van der Waals surface area contributed by atoms with E-state index in [9.17, 15) is 27.5 Å². The smallest absolute Gasteiger partial charge is 0.340 e. The van der Waals surface area contributed by atoms with Crippen LogP contribution in [0.3, 0.4) is 0 Å². The van der Waals surface area contributed by atoms with Crippen LogP contribution in [0.5, 0.6) is 0 Å². The first-order valence-electron chi connectivity index (χ1n) is 10.0. The number of amides is 1. The van der Waals surface area contributed by atoms with Crippen molar-refractivity contribution >= 4 is 23.5 Å². The number of aliphatic imine (C=N–C) groups is 1. The lowest BCUT2D eigenvalue weighted by Crippen LogP contribution is -2.34. The number of carbonyl (C=O) groups excluding carboxylic acids is 1. The van der Waals surface area contributed by atoms with Crippen LogP contribution in [-0.4, -0.2) is 75.8 Å². The Hall–Kier alpha value is -3.32. The summed E-state index contributed by atoms with van der Waals surface area (Å²) in [5, 5.41) is 25.5. The van der Waals surface area contributed by atoms with E-state index >= 15 is 0 Å². The number of aliphatic hydroxyl groups is 2. The summed E-state index contributed by atoms with van der Waals surface area (Å²) in [6.45, 7) is 4.47. The first-order valence-corrected chi connectivity index (χ1v) is 10.0. The molecule has 2 aromatic heterocycles. The van der Waals surface area contributed by atoms with Crippen molar-refractivity contribution in [2.45, 2.75) is 38.8 Å². The largest absolute Gasteiger partial charge is 0.471 e. The number of aromatic nitrogens is 3. The number of hydrogen-bond acceptors (Lipinski definition) is 7. The second-order valence-corrected chi connectivity index (χ2v) is 7.45. The molecule has 0 fully saturated rings. The molecule has 2 aromatic rings. The Morgan fingerprint density at radius 3 is 2.74 bits per heavy atom. The van der Waals surface area contributed by atoms with Crippen LogP contribution in [0.25, 0.3) is 10.9 Å². The molecule has 2 rings (SSSR count).